The van der Waals surface area contributed by atoms with Crippen molar-refractivity contribution >= 4 is 21.8 Å². The van der Waals surface area contributed by atoms with Gasteiger partial charge in [0.2, 0.25) is 0 Å². The Kier molecular flexibility index (Phi) is 3.40. The largest absolute Gasteiger partial charge is 0.457 e. The summed E-state index contributed by atoms with van der Waals surface area (Å²) in [6.07, 6.45) is 1.47. The van der Waals surface area contributed by atoms with Crippen molar-refractivity contribution in [2.75, 3.05) is 26.3 Å². The Morgan fingerprint density at radius 2 is 2.20 bits per heavy atom. The molecule has 1 aromatic rings. The van der Waals surface area contributed by atoms with Gasteiger partial charge in [0, 0.05) is 13.1 Å². The van der Waals surface area contributed by atoms with E-state index in [4.69, 9.17) is 9.15 Å². The minimum Gasteiger partial charge on any atom is -0.457 e. The second-order valence-electron chi connectivity index (χ2n) is 3.15. The number of hydrogen-bond acceptors (Lipinski definition) is 4. The number of carbonyl (C=O) groups excluding carboxylic acids is 1. The second-order valence-corrected chi connectivity index (χ2v) is 3.87. The van der Waals surface area contributed by atoms with E-state index in [2.05, 4.69) is 21.4 Å². The van der Waals surface area contributed by atoms with Crippen LogP contribution >= 0.6 is 15.9 Å². The third-order valence-electron chi connectivity index (χ3n) is 2.13. The fraction of sp³-hybridized carbons (Fsp3) is 0.444. The number of morpholine rings is 1. The normalized spacial score (nSPS) is 17.7. The van der Waals surface area contributed by atoms with Gasteiger partial charge < -0.3 is 9.15 Å². The highest BCUT2D eigenvalue weighted by Crippen LogP contribution is 2.17. The van der Waals surface area contributed by atoms with Gasteiger partial charge in [-0.2, -0.15) is 0 Å². The Hall–Kier alpha value is -0.850. The Morgan fingerprint density at radius 1 is 1.47 bits per heavy atom. The molecular formula is C9H11BrN2O3. The zero-order valence-electron chi connectivity index (χ0n) is 8.03. The molecule has 1 aliphatic heterocycles. The first-order valence-corrected chi connectivity index (χ1v) is 5.43. The topological polar surface area (TPSA) is 54.7 Å². The first-order chi connectivity index (χ1) is 7.27. The maximum Gasteiger partial charge on any atom is 0.270 e. The van der Waals surface area contributed by atoms with Crippen molar-refractivity contribution in [3.05, 3.63) is 22.6 Å². The molecule has 82 valence electrons. The zero-order chi connectivity index (χ0) is 10.7. The van der Waals surface area contributed by atoms with Gasteiger partial charge in [0.15, 0.2) is 4.67 Å². The molecule has 15 heavy (non-hydrogen) atoms. The molecule has 1 amide bonds. The number of nitrogens with one attached hydrogen (secondary N) is 1. The third kappa shape index (κ3) is 2.58. The fourth-order valence-corrected chi connectivity index (χ4v) is 1.75. The fourth-order valence-electron chi connectivity index (χ4n) is 1.33. The predicted molar refractivity (Wildman–Crippen MR) is 56.3 cm³/mol. The number of carbonyl (C=O) groups is 1. The summed E-state index contributed by atoms with van der Waals surface area (Å²) in [7, 11) is 0. The summed E-state index contributed by atoms with van der Waals surface area (Å²) in [5.74, 6) is -0.169. The molecule has 0 spiro atoms. The van der Waals surface area contributed by atoms with Crippen LogP contribution in [-0.4, -0.2) is 37.2 Å². The predicted octanol–water partition coefficient (Wildman–Crippen LogP) is 1.02. The lowest BCUT2D eigenvalue weighted by molar-refractivity contribution is 0.0126. The number of ether oxygens (including phenoxy) is 1. The maximum absolute atomic E-state index is 11.7. The van der Waals surface area contributed by atoms with Crippen LogP contribution in [-0.2, 0) is 4.74 Å². The van der Waals surface area contributed by atoms with Crippen LogP contribution in [0.5, 0.6) is 0 Å². The molecule has 2 heterocycles. The minimum absolute atomic E-state index is 0.169. The summed E-state index contributed by atoms with van der Waals surface area (Å²) >= 11 is 3.16. The van der Waals surface area contributed by atoms with Crippen molar-refractivity contribution in [3.63, 3.8) is 0 Å². The summed E-state index contributed by atoms with van der Waals surface area (Å²) in [5, 5.41) is 1.84. The van der Waals surface area contributed by atoms with E-state index in [-0.39, 0.29) is 5.91 Å². The van der Waals surface area contributed by atoms with E-state index in [1.165, 1.54) is 6.26 Å². The smallest absolute Gasteiger partial charge is 0.270 e. The van der Waals surface area contributed by atoms with E-state index < -0.39 is 0 Å². The van der Waals surface area contributed by atoms with Crippen molar-refractivity contribution in [2.24, 2.45) is 0 Å². The molecule has 0 unspecified atom stereocenters. The van der Waals surface area contributed by atoms with Gasteiger partial charge in [0.25, 0.3) is 5.91 Å². The highest BCUT2D eigenvalue weighted by atomic mass is 79.9. The molecule has 2 rings (SSSR count). The van der Waals surface area contributed by atoms with Crippen LogP contribution in [0.4, 0.5) is 0 Å². The van der Waals surface area contributed by atoms with Gasteiger partial charge in [0.05, 0.1) is 25.0 Å². The van der Waals surface area contributed by atoms with Crippen LogP contribution in [0.15, 0.2) is 21.4 Å². The van der Waals surface area contributed by atoms with Crippen molar-refractivity contribution in [1.29, 1.82) is 0 Å². The zero-order valence-corrected chi connectivity index (χ0v) is 9.62. The second kappa shape index (κ2) is 4.78. The highest BCUT2D eigenvalue weighted by Gasteiger charge is 2.17. The number of hydrogen-bond donors (Lipinski definition) is 1. The Bertz CT molecular complexity index is 347. The van der Waals surface area contributed by atoms with Gasteiger partial charge in [-0.3, -0.25) is 10.2 Å². The van der Waals surface area contributed by atoms with Gasteiger partial charge in [0.1, 0.15) is 0 Å². The molecule has 0 radical (unpaired) electrons. The van der Waals surface area contributed by atoms with Crippen LogP contribution < -0.4 is 5.43 Å². The van der Waals surface area contributed by atoms with E-state index in [0.29, 0.717) is 36.5 Å². The lowest BCUT2D eigenvalue weighted by atomic mass is 10.3. The number of halogens is 1. The average molecular weight is 275 g/mol. The van der Waals surface area contributed by atoms with E-state index in [0.717, 1.165) is 0 Å². The average Bonchev–Trinajstić information content (AvgIpc) is 2.66. The SMILES string of the molecule is O=C(NN1CCOCC1)c1ccoc1Br. The summed E-state index contributed by atoms with van der Waals surface area (Å²) in [6, 6.07) is 1.62. The maximum atomic E-state index is 11.7. The molecule has 1 saturated heterocycles. The third-order valence-corrected chi connectivity index (χ3v) is 2.75. The number of nitrogens with zero attached hydrogens (tertiary/aromatic N) is 1. The Balaban J connectivity index is 1.94. The molecule has 1 fully saturated rings. The van der Waals surface area contributed by atoms with Gasteiger partial charge in [-0.1, -0.05) is 0 Å². The van der Waals surface area contributed by atoms with E-state index in [9.17, 15) is 4.79 Å². The molecule has 0 aliphatic carbocycles. The standard InChI is InChI=1S/C9H11BrN2O3/c10-8-7(1-4-15-8)9(13)11-12-2-5-14-6-3-12/h1,4H,2-3,5-6H2,(H,11,13). The molecule has 5 nitrogen and oxygen atoms in total. The van der Waals surface area contributed by atoms with E-state index in [1.807, 2.05) is 5.01 Å². The lowest BCUT2D eigenvalue weighted by Crippen LogP contribution is -2.48. The quantitative estimate of drug-likeness (QED) is 0.875. The van der Waals surface area contributed by atoms with Crippen LogP contribution in [0, 0.1) is 0 Å². The molecule has 0 saturated carbocycles. The summed E-state index contributed by atoms with van der Waals surface area (Å²) in [5.41, 5.74) is 3.29. The van der Waals surface area contributed by atoms with E-state index in [1.54, 1.807) is 6.07 Å². The van der Waals surface area contributed by atoms with Crippen LogP contribution in [0.1, 0.15) is 10.4 Å². The molecule has 1 N–H and O–H groups in total. The minimum atomic E-state index is -0.169. The van der Waals surface area contributed by atoms with Crippen LogP contribution in [0.3, 0.4) is 0 Å². The van der Waals surface area contributed by atoms with Gasteiger partial charge in [-0.05, 0) is 22.0 Å². The number of furan rings is 1. The van der Waals surface area contributed by atoms with Crippen molar-refractivity contribution in [1.82, 2.24) is 10.4 Å². The molecule has 0 bridgehead atoms. The summed E-state index contributed by atoms with van der Waals surface area (Å²) in [6.45, 7) is 2.71. The number of amides is 1. The van der Waals surface area contributed by atoms with Crippen LogP contribution in [0.25, 0.3) is 0 Å². The first kappa shape index (κ1) is 10.7. The van der Waals surface area contributed by atoms with E-state index >= 15 is 0 Å². The summed E-state index contributed by atoms with van der Waals surface area (Å²) in [4.78, 5) is 11.7. The highest BCUT2D eigenvalue weighted by molar-refractivity contribution is 9.10. The summed E-state index contributed by atoms with van der Waals surface area (Å²) < 4.78 is 10.6. The Labute approximate surface area is 95.5 Å². The lowest BCUT2D eigenvalue weighted by Gasteiger charge is -2.26. The van der Waals surface area contributed by atoms with Gasteiger partial charge in [-0.15, -0.1) is 0 Å². The van der Waals surface area contributed by atoms with Crippen LogP contribution in [0.2, 0.25) is 0 Å². The molecule has 0 atom stereocenters. The van der Waals surface area contributed by atoms with Gasteiger partial charge >= 0.3 is 0 Å². The number of rotatable bonds is 2. The molecule has 0 aromatic carbocycles. The molecule has 1 aliphatic rings. The molecule has 6 heteroatoms. The van der Waals surface area contributed by atoms with Crippen molar-refractivity contribution < 1.29 is 13.9 Å². The van der Waals surface area contributed by atoms with Crippen molar-refractivity contribution in [2.45, 2.75) is 0 Å². The van der Waals surface area contributed by atoms with Gasteiger partial charge in [-0.25, -0.2) is 5.01 Å². The number of hydrazine groups is 1. The van der Waals surface area contributed by atoms with Crippen molar-refractivity contribution in [3.8, 4) is 0 Å². The Morgan fingerprint density at radius 3 is 2.80 bits per heavy atom. The first-order valence-electron chi connectivity index (χ1n) is 4.64. The monoisotopic (exact) mass is 274 g/mol. The molecule has 1 aromatic heterocycles. The molecular weight excluding hydrogens is 264 g/mol.